The van der Waals surface area contributed by atoms with Gasteiger partial charge in [-0.05, 0) is 29.5 Å². The second-order valence-electron chi connectivity index (χ2n) is 6.68. The van der Waals surface area contributed by atoms with Crippen LogP contribution in [0.2, 0.25) is 0 Å². The van der Waals surface area contributed by atoms with Crippen LogP contribution in [0.1, 0.15) is 10.5 Å². The summed E-state index contributed by atoms with van der Waals surface area (Å²) in [6.45, 7) is 0.232. The molecule has 0 atom stereocenters. The molecule has 152 valence electrons. The standard InChI is InChI=1S/C21H15BrN8O/c22-16-8-9-17(19-15(16)7-4-11-23-19)24-21(31)18-10-12-29(26-18)13-30-27-20(25-28-30)14-5-2-1-3-6-14/h1-12H,13H2,(H,24,31). The Bertz CT molecular complexity index is 1380. The molecule has 0 unspecified atom stereocenters. The molecule has 0 saturated carbocycles. The quantitative estimate of drug-likeness (QED) is 0.417. The van der Waals surface area contributed by atoms with Gasteiger partial charge in [0.15, 0.2) is 12.4 Å². The van der Waals surface area contributed by atoms with Crippen molar-refractivity contribution in [2.45, 2.75) is 6.67 Å². The minimum Gasteiger partial charge on any atom is -0.319 e. The molecule has 0 fully saturated rings. The van der Waals surface area contributed by atoms with Crippen molar-refractivity contribution in [3.63, 3.8) is 0 Å². The van der Waals surface area contributed by atoms with E-state index in [9.17, 15) is 4.79 Å². The molecule has 10 heteroatoms. The number of halogens is 1. The van der Waals surface area contributed by atoms with E-state index >= 15 is 0 Å². The summed E-state index contributed by atoms with van der Waals surface area (Å²) in [7, 11) is 0. The second-order valence-corrected chi connectivity index (χ2v) is 7.54. The minimum atomic E-state index is -0.329. The summed E-state index contributed by atoms with van der Waals surface area (Å²) in [6, 6.07) is 18.7. The van der Waals surface area contributed by atoms with E-state index in [0.717, 1.165) is 15.4 Å². The van der Waals surface area contributed by atoms with Gasteiger partial charge in [-0.1, -0.05) is 52.3 Å². The predicted octanol–water partition coefficient (Wildman–Crippen LogP) is 3.61. The van der Waals surface area contributed by atoms with E-state index in [4.69, 9.17) is 0 Å². The van der Waals surface area contributed by atoms with E-state index < -0.39 is 0 Å². The number of benzene rings is 2. The number of aromatic nitrogens is 7. The van der Waals surface area contributed by atoms with Crippen LogP contribution >= 0.6 is 15.9 Å². The van der Waals surface area contributed by atoms with Crippen molar-refractivity contribution >= 4 is 38.4 Å². The first-order valence-electron chi connectivity index (χ1n) is 9.39. The van der Waals surface area contributed by atoms with E-state index in [1.165, 1.54) is 4.80 Å². The molecule has 0 aliphatic heterocycles. The van der Waals surface area contributed by atoms with Crippen molar-refractivity contribution < 1.29 is 4.79 Å². The zero-order chi connectivity index (χ0) is 21.2. The molecular formula is C21H15BrN8O. The maximum absolute atomic E-state index is 12.7. The van der Waals surface area contributed by atoms with Crippen molar-refractivity contribution in [2.75, 3.05) is 5.32 Å². The van der Waals surface area contributed by atoms with Gasteiger partial charge in [0.25, 0.3) is 5.91 Å². The van der Waals surface area contributed by atoms with Crippen LogP contribution in [0.5, 0.6) is 0 Å². The Morgan fingerprint density at radius 2 is 1.87 bits per heavy atom. The SMILES string of the molecule is O=C(Nc1ccc(Br)c2cccnc12)c1ccn(Cn2nnc(-c3ccccc3)n2)n1. The highest BCUT2D eigenvalue weighted by molar-refractivity contribution is 9.10. The van der Waals surface area contributed by atoms with E-state index in [-0.39, 0.29) is 18.3 Å². The average molecular weight is 475 g/mol. The zero-order valence-corrected chi connectivity index (χ0v) is 17.6. The molecule has 0 spiro atoms. The molecule has 1 amide bonds. The zero-order valence-electron chi connectivity index (χ0n) is 16.1. The van der Waals surface area contributed by atoms with Gasteiger partial charge in [-0.3, -0.25) is 9.78 Å². The number of carbonyl (C=O) groups is 1. The molecule has 1 N–H and O–H groups in total. The van der Waals surface area contributed by atoms with Crippen LogP contribution in [0.25, 0.3) is 22.3 Å². The van der Waals surface area contributed by atoms with Crippen LogP contribution in [0, 0.1) is 0 Å². The maximum atomic E-state index is 12.7. The number of nitrogens with zero attached hydrogens (tertiary/aromatic N) is 7. The van der Waals surface area contributed by atoms with E-state index in [1.54, 1.807) is 29.2 Å². The Hall–Kier alpha value is -3.92. The number of pyridine rings is 1. The van der Waals surface area contributed by atoms with E-state index in [2.05, 4.69) is 46.7 Å². The molecule has 0 saturated heterocycles. The Labute approximate surface area is 184 Å². The van der Waals surface area contributed by atoms with Gasteiger partial charge in [-0.2, -0.15) is 5.10 Å². The fraction of sp³-hybridized carbons (Fsp3) is 0.0476. The number of nitrogens with one attached hydrogen (secondary N) is 1. The third kappa shape index (κ3) is 3.92. The van der Waals surface area contributed by atoms with Crippen LogP contribution in [0.15, 0.2) is 77.5 Å². The Kier molecular flexibility index (Phi) is 4.97. The maximum Gasteiger partial charge on any atom is 0.276 e. The predicted molar refractivity (Wildman–Crippen MR) is 118 cm³/mol. The fourth-order valence-corrected chi connectivity index (χ4v) is 3.57. The summed E-state index contributed by atoms with van der Waals surface area (Å²) < 4.78 is 2.48. The lowest BCUT2D eigenvalue weighted by molar-refractivity contribution is 0.102. The highest BCUT2D eigenvalue weighted by Gasteiger charge is 2.14. The molecule has 0 aliphatic carbocycles. The van der Waals surface area contributed by atoms with Gasteiger partial charge in [0.2, 0.25) is 5.82 Å². The topological polar surface area (TPSA) is 103 Å². The van der Waals surface area contributed by atoms with Crippen molar-refractivity contribution in [1.29, 1.82) is 0 Å². The van der Waals surface area contributed by atoms with Crippen LogP contribution in [0.4, 0.5) is 5.69 Å². The molecule has 5 aromatic rings. The highest BCUT2D eigenvalue weighted by atomic mass is 79.9. The van der Waals surface area contributed by atoms with Crippen LogP contribution < -0.4 is 5.32 Å². The fourth-order valence-electron chi connectivity index (χ4n) is 3.12. The van der Waals surface area contributed by atoms with Crippen LogP contribution in [-0.2, 0) is 6.67 Å². The molecule has 9 nitrogen and oxygen atoms in total. The van der Waals surface area contributed by atoms with Crippen LogP contribution in [0.3, 0.4) is 0 Å². The molecule has 0 bridgehead atoms. The molecule has 0 radical (unpaired) electrons. The monoisotopic (exact) mass is 474 g/mol. The lowest BCUT2D eigenvalue weighted by atomic mass is 10.2. The third-order valence-corrected chi connectivity index (χ3v) is 5.29. The molecule has 31 heavy (non-hydrogen) atoms. The van der Waals surface area contributed by atoms with Crippen LogP contribution in [-0.4, -0.2) is 40.9 Å². The highest BCUT2D eigenvalue weighted by Crippen LogP contribution is 2.28. The minimum absolute atomic E-state index is 0.232. The summed E-state index contributed by atoms with van der Waals surface area (Å²) in [4.78, 5) is 18.5. The van der Waals surface area contributed by atoms with Gasteiger partial charge in [0, 0.05) is 27.8 Å². The third-order valence-electron chi connectivity index (χ3n) is 4.59. The van der Waals surface area contributed by atoms with Crippen molar-refractivity contribution in [2.24, 2.45) is 0 Å². The largest absolute Gasteiger partial charge is 0.319 e. The number of fused-ring (bicyclic) bond motifs is 1. The first-order chi connectivity index (χ1) is 15.2. The lowest BCUT2D eigenvalue weighted by Gasteiger charge is -2.08. The number of anilines is 1. The Morgan fingerprint density at radius 1 is 1.00 bits per heavy atom. The van der Waals surface area contributed by atoms with Gasteiger partial charge in [0.1, 0.15) is 0 Å². The number of rotatable bonds is 5. The van der Waals surface area contributed by atoms with Gasteiger partial charge in [0.05, 0.1) is 11.2 Å². The van der Waals surface area contributed by atoms with E-state index in [1.807, 2.05) is 48.5 Å². The second kappa shape index (κ2) is 8.07. The smallest absolute Gasteiger partial charge is 0.276 e. The van der Waals surface area contributed by atoms with Crippen molar-refractivity contribution in [1.82, 2.24) is 35.0 Å². The first-order valence-corrected chi connectivity index (χ1v) is 10.2. The Morgan fingerprint density at radius 3 is 2.74 bits per heavy atom. The number of amides is 1. The number of carbonyl (C=O) groups excluding carboxylic acids is 1. The Balaban J connectivity index is 1.32. The van der Waals surface area contributed by atoms with E-state index in [0.29, 0.717) is 17.0 Å². The molecule has 3 heterocycles. The first kappa shape index (κ1) is 19.1. The normalized spacial score (nSPS) is 11.0. The number of hydrogen-bond donors (Lipinski definition) is 1. The van der Waals surface area contributed by atoms with Gasteiger partial charge >= 0.3 is 0 Å². The number of hydrogen-bond acceptors (Lipinski definition) is 6. The van der Waals surface area contributed by atoms with Gasteiger partial charge < -0.3 is 5.32 Å². The molecule has 3 aromatic heterocycles. The van der Waals surface area contributed by atoms with Gasteiger partial charge in [-0.25, -0.2) is 4.68 Å². The van der Waals surface area contributed by atoms with Crippen molar-refractivity contribution in [3.05, 3.63) is 83.2 Å². The summed E-state index contributed by atoms with van der Waals surface area (Å²) in [5.41, 5.74) is 2.47. The molecule has 2 aromatic carbocycles. The van der Waals surface area contributed by atoms with Gasteiger partial charge in [-0.15, -0.1) is 15.0 Å². The average Bonchev–Trinajstić information content (AvgIpc) is 3.47. The summed E-state index contributed by atoms with van der Waals surface area (Å²) in [5, 5.41) is 20.6. The van der Waals surface area contributed by atoms with Crippen molar-refractivity contribution in [3.8, 4) is 11.4 Å². The lowest BCUT2D eigenvalue weighted by Crippen LogP contribution is -2.16. The molecular weight excluding hydrogens is 460 g/mol. The number of tetrazole rings is 1. The molecule has 0 aliphatic rings. The summed E-state index contributed by atoms with van der Waals surface area (Å²) in [5.74, 6) is 0.199. The summed E-state index contributed by atoms with van der Waals surface area (Å²) in [6.07, 6.45) is 3.38. The molecule has 5 rings (SSSR count). The summed E-state index contributed by atoms with van der Waals surface area (Å²) >= 11 is 3.51.